The first kappa shape index (κ1) is 12.2. The van der Waals surface area contributed by atoms with Gasteiger partial charge in [0.25, 0.3) is 5.91 Å². The fraction of sp³-hybridized carbons (Fsp3) is 0.273. The molecule has 0 bridgehead atoms. The van der Waals surface area contributed by atoms with Crippen molar-refractivity contribution < 1.29 is 9.18 Å². The zero-order valence-electron chi connectivity index (χ0n) is 9.80. The summed E-state index contributed by atoms with van der Waals surface area (Å²) >= 11 is 0. The molecule has 2 aromatic heterocycles. The average Bonchev–Trinajstić information content (AvgIpc) is 2.76. The Morgan fingerprint density at radius 2 is 2.28 bits per heavy atom. The Bertz CT molecular complexity index is 537. The van der Waals surface area contributed by atoms with Crippen LogP contribution in [0.1, 0.15) is 16.2 Å². The lowest BCUT2D eigenvalue weighted by Crippen LogP contribution is -2.26. The van der Waals surface area contributed by atoms with Gasteiger partial charge in [0.2, 0.25) is 5.95 Å². The number of aryl methyl sites for hydroxylation is 1. The highest BCUT2D eigenvalue weighted by Crippen LogP contribution is 1.98. The van der Waals surface area contributed by atoms with E-state index < -0.39 is 5.95 Å². The number of carbonyl (C=O) groups excluding carboxylic acids is 1. The standard InChI is InChI=1S/C11H12FN5O/c1-17-7-15-10(16-17)4-5-13-11(18)8-2-3-9(12)14-6-8/h2-3,6-7H,4-5H2,1H3,(H,13,18). The lowest BCUT2D eigenvalue weighted by atomic mass is 10.2. The molecule has 0 saturated heterocycles. The lowest BCUT2D eigenvalue weighted by Gasteiger charge is -2.02. The second-order valence-electron chi connectivity index (χ2n) is 3.71. The van der Waals surface area contributed by atoms with Crippen molar-refractivity contribution in [2.45, 2.75) is 6.42 Å². The molecular weight excluding hydrogens is 237 g/mol. The van der Waals surface area contributed by atoms with Gasteiger partial charge < -0.3 is 5.32 Å². The Morgan fingerprint density at radius 3 is 2.89 bits per heavy atom. The molecule has 2 aromatic rings. The van der Waals surface area contributed by atoms with Gasteiger partial charge in [0, 0.05) is 26.2 Å². The van der Waals surface area contributed by atoms with E-state index in [4.69, 9.17) is 0 Å². The molecule has 0 spiro atoms. The van der Waals surface area contributed by atoms with E-state index in [1.54, 1.807) is 18.1 Å². The van der Waals surface area contributed by atoms with Crippen LogP contribution in [0.2, 0.25) is 0 Å². The highest BCUT2D eigenvalue weighted by molar-refractivity contribution is 5.93. The number of rotatable bonds is 4. The van der Waals surface area contributed by atoms with Crippen molar-refractivity contribution in [1.29, 1.82) is 0 Å². The van der Waals surface area contributed by atoms with Crippen molar-refractivity contribution in [1.82, 2.24) is 25.1 Å². The number of nitrogens with one attached hydrogen (secondary N) is 1. The molecule has 1 amide bonds. The van der Waals surface area contributed by atoms with E-state index in [1.807, 2.05) is 0 Å². The fourth-order valence-electron chi connectivity index (χ4n) is 1.40. The Kier molecular flexibility index (Phi) is 3.61. The van der Waals surface area contributed by atoms with Gasteiger partial charge in [0.15, 0.2) is 5.82 Å². The van der Waals surface area contributed by atoms with Gasteiger partial charge in [-0.05, 0) is 12.1 Å². The molecule has 0 atom stereocenters. The maximum absolute atomic E-state index is 12.6. The Labute approximate surface area is 103 Å². The van der Waals surface area contributed by atoms with Crippen LogP contribution in [-0.2, 0) is 13.5 Å². The molecule has 6 nitrogen and oxygen atoms in total. The van der Waals surface area contributed by atoms with E-state index in [2.05, 4.69) is 20.4 Å². The molecule has 0 aliphatic rings. The van der Waals surface area contributed by atoms with Crippen molar-refractivity contribution in [2.24, 2.45) is 7.05 Å². The van der Waals surface area contributed by atoms with Crippen molar-refractivity contribution in [3.63, 3.8) is 0 Å². The maximum atomic E-state index is 12.6. The number of hydrogen-bond acceptors (Lipinski definition) is 4. The third-order valence-electron chi connectivity index (χ3n) is 2.27. The predicted molar refractivity (Wildman–Crippen MR) is 61.2 cm³/mol. The van der Waals surface area contributed by atoms with E-state index in [9.17, 15) is 9.18 Å². The summed E-state index contributed by atoms with van der Waals surface area (Å²) in [7, 11) is 1.78. The van der Waals surface area contributed by atoms with E-state index in [0.29, 0.717) is 24.4 Å². The first-order chi connectivity index (χ1) is 8.65. The van der Waals surface area contributed by atoms with Crippen molar-refractivity contribution >= 4 is 5.91 Å². The maximum Gasteiger partial charge on any atom is 0.252 e. The quantitative estimate of drug-likeness (QED) is 0.792. The third kappa shape index (κ3) is 3.09. The Balaban J connectivity index is 1.83. The molecule has 1 N–H and O–H groups in total. The Morgan fingerprint density at radius 1 is 1.44 bits per heavy atom. The molecule has 94 valence electrons. The van der Waals surface area contributed by atoms with Crippen LogP contribution >= 0.6 is 0 Å². The first-order valence-electron chi connectivity index (χ1n) is 5.39. The van der Waals surface area contributed by atoms with Gasteiger partial charge in [0.1, 0.15) is 6.33 Å². The number of halogens is 1. The fourth-order valence-corrected chi connectivity index (χ4v) is 1.40. The van der Waals surface area contributed by atoms with E-state index >= 15 is 0 Å². The van der Waals surface area contributed by atoms with E-state index in [1.165, 1.54) is 12.3 Å². The number of pyridine rings is 1. The topological polar surface area (TPSA) is 72.7 Å². The monoisotopic (exact) mass is 249 g/mol. The normalized spacial score (nSPS) is 10.3. The van der Waals surface area contributed by atoms with Crippen LogP contribution in [0.25, 0.3) is 0 Å². The molecule has 0 aliphatic heterocycles. The molecule has 0 aromatic carbocycles. The summed E-state index contributed by atoms with van der Waals surface area (Å²) in [5, 5.41) is 6.77. The van der Waals surface area contributed by atoms with Crippen molar-refractivity contribution in [3.05, 3.63) is 42.0 Å². The van der Waals surface area contributed by atoms with E-state index in [0.717, 1.165) is 6.07 Å². The molecule has 2 heterocycles. The van der Waals surface area contributed by atoms with Crippen LogP contribution in [0.4, 0.5) is 4.39 Å². The number of carbonyl (C=O) groups is 1. The number of aromatic nitrogens is 4. The van der Waals surface area contributed by atoms with Gasteiger partial charge in [-0.25, -0.2) is 9.97 Å². The summed E-state index contributed by atoms with van der Waals surface area (Å²) in [4.78, 5) is 19.1. The van der Waals surface area contributed by atoms with Gasteiger partial charge in [-0.3, -0.25) is 9.48 Å². The van der Waals surface area contributed by atoms with Gasteiger partial charge in [-0.15, -0.1) is 0 Å². The number of hydrogen-bond donors (Lipinski definition) is 1. The number of nitrogens with zero attached hydrogens (tertiary/aromatic N) is 4. The summed E-state index contributed by atoms with van der Waals surface area (Å²) in [6, 6.07) is 2.53. The van der Waals surface area contributed by atoms with Crippen LogP contribution in [-0.4, -0.2) is 32.2 Å². The molecule has 0 saturated carbocycles. The summed E-state index contributed by atoms with van der Waals surface area (Å²) in [5.41, 5.74) is 0.324. The summed E-state index contributed by atoms with van der Waals surface area (Å²) in [6.45, 7) is 0.417. The average molecular weight is 249 g/mol. The van der Waals surface area contributed by atoms with E-state index in [-0.39, 0.29) is 5.91 Å². The Hall–Kier alpha value is -2.31. The molecule has 0 fully saturated rings. The highest BCUT2D eigenvalue weighted by atomic mass is 19.1. The number of amides is 1. The second kappa shape index (κ2) is 5.35. The van der Waals surface area contributed by atoms with Gasteiger partial charge >= 0.3 is 0 Å². The summed E-state index contributed by atoms with van der Waals surface area (Å²) in [5.74, 6) is -0.238. The first-order valence-corrected chi connectivity index (χ1v) is 5.39. The molecule has 0 aliphatic carbocycles. The molecule has 0 unspecified atom stereocenters. The smallest absolute Gasteiger partial charge is 0.252 e. The summed E-state index contributed by atoms with van der Waals surface area (Å²) < 4.78 is 14.2. The third-order valence-corrected chi connectivity index (χ3v) is 2.27. The van der Waals surface area contributed by atoms with Crippen molar-refractivity contribution in [2.75, 3.05) is 6.54 Å². The van der Waals surface area contributed by atoms with Crippen LogP contribution in [0.3, 0.4) is 0 Å². The zero-order chi connectivity index (χ0) is 13.0. The SMILES string of the molecule is Cn1cnc(CCNC(=O)c2ccc(F)nc2)n1. The minimum absolute atomic E-state index is 0.293. The highest BCUT2D eigenvalue weighted by Gasteiger charge is 2.06. The van der Waals surface area contributed by atoms with Crippen molar-refractivity contribution in [3.8, 4) is 0 Å². The largest absolute Gasteiger partial charge is 0.352 e. The lowest BCUT2D eigenvalue weighted by molar-refractivity contribution is 0.0953. The molecular formula is C11H12FN5O. The molecule has 18 heavy (non-hydrogen) atoms. The van der Waals surface area contributed by atoms with Crippen LogP contribution in [0.5, 0.6) is 0 Å². The van der Waals surface area contributed by atoms with Crippen LogP contribution in [0.15, 0.2) is 24.7 Å². The molecule has 0 radical (unpaired) electrons. The minimum Gasteiger partial charge on any atom is -0.352 e. The van der Waals surface area contributed by atoms with Crippen LogP contribution < -0.4 is 5.32 Å². The van der Waals surface area contributed by atoms with Gasteiger partial charge in [-0.2, -0.15) is 9.49 Å². The zero-order valence-corrected chi connectivity index (χ0v) is 9.80. The van der Waals surface area contributed by atoms with Crippen LogP contribution in [0, 0.1) is 5.95 Å². The van der Waals surface area contributed by atoms with Gasteiger partial charge in [0.05, 0.1) is 5.56 Å². The van der Waals surface area contributed by atoms with Gasteiger partial charge in [-0.1, -0.05) is 0 Å². The predicted octanol–water partition coefficient (Wildman–Crippen LogP) is 0.322. The minimum atomic E-state index is -0.607. The summed E-state index contributed by atoms with van der Waals surface area (Å²) in [6.07, 6.45) is 3.34. The molecule has 2 rings (SSSR count). The second-order valence-corrected chi connectivity index (χ2v) is 3.71. The molecule has 7 heteroatoms.